The lowest BCUT2D eigenvalue weighted by molar-refractivity contribution is 1.11. The molecular formula is C14H15N3S. The highest BCUT2D eigenvalue weighted by Gasteiger charge is 2.02. The van der Waals surface area contributed by atoms with E-state index >= 15 is 0 Å². The molecule has 0 radical (unpaired) electrons. The van der Waals surface area contributed by atoms with Crippen LogP contribution >= 0.6 is 12.2 Å². The highest BCUT2D eigenvalue weighted by Crippen LogP contribution is 2.17. The predicted octanol–water partition coefficient (Wildman–Crippen LogP) is 2.64. The zero-order valence-corrected chi connectivity index (χ0v) is 11.0. The fraction of sp³-hybridized carbons (Fsp3) is 0.143. The Labute approximate surface area is 112 Å². The number of anilines is 1. The zero-order chi connectivity index (χ0) is 13.0. The second-order valence-corrected chi connectivity index (χ2v) is 4.55. The Balaban J connectivity index is 2.08. The summed E-state index contributed by atoms with van der Waals surface area (Å²) in [6.07, 6.45) is 3.62. The van der Waals surface area contributed by atoms with Gasteiger partial charge in [0.05, 0.1) is 0 Å². The largest absolute Gasteiger partial charge is 0.389 e. The van der Waals surface area contributed by atoms with Gasteiger partial charge in [-0.1, -0.05) is 18.3 Å². The fourth-order valence-electron chi connectivity index (χ4n) is 1.72. The summed E-state index contributed by atoms with van der Waals surface area (Å²) in [5.74, 6) is 0. The van der Waals surface area contributed by atoms with Gasteiger partial charge in [0, 0.05) is 30.2 Å². The summed E-state index contributed by atoms with van der Waals surface area (Å²) in [5.41, 5.74) is 9.86. The maximum Gasteiger partial charge on any atom is 0.103 e. The first-order valence-electron chi connectivity index (χ1n) is 5.70. The third-order valence-corrected chi connectivity index (χ3v) is 2.95. The highest BCUT2D eigenvalue weighted by molar-refractivity contribution is 7.80. The zero-order valence-electron chi connectivity index (χ0n) is 10.2. The molecule has 92 valence electrons. The van der Waals surface area contributed by atoms with Crippen LogP contribution in [0, 0.1) is 6.92 Å². The fourth-order valence-corrected chi connectivity index (χ4v) is 1.84. The number of rotatable bonds is 4. The van der Waals surface area contributed by atoms with E-state index in [2.05, 4.69) is 10.3 Å². The van der Waals surface area contributed by atoms with Gasteiger partial charge in [-0.05, 0) is 42.3 Å². The number of thiocarbonyl (C=S) groups is 1. The molecule has 2 aromatic rings. The molecule has 0 spiro atoms. The smallest absolute Gasteiger partial charge is 0.103 e. The quantitative estimate of drug-likeness (QED) is 0.827. The van der Waals surface area contributed by atoms with Crippen molar-refractivity contribution in [1.29, 1.82) is 0 Å². The predicted molar refractivity (Wildman–Crippen MR) is 78.6 cm³/mol. The molecule has 0 bridgehead atoms. The minimum absolute atomic E-state index is 0.428. The van der Waals surface area contributed by atoms with Gasteiger partial charge in [0.1, 0.15) is 4.99 Å². The van der Waals surface area contributed by atoms with Crippen molar-refractivity contribution in [2.24, 2.45) is 5.73 Å². The van der Waals surface area contributed by atoms with Gasteiger partial charge < -0.3 is 11.1 Å². The Morgan fingerprint density at radius 2 is 2.22 bits per heavy atom. The summed E-state index contributed by atoms with van der Waals surface area (Å²) in [7, 11) is 0. The Kier molecular flexibility index (Phi) is 3.89. The van der Waals surface area contributed by atoms with Gasteiger partial charge >= 0.3 is 0 Å². The Morgan fingerprint density at radius 3 is 2.83 bits per heavy atom. The van der Waals surface area contributed by atoms with E-state index in [1.165, 1.54) is 0 Å². The average molecular weight is 257 g/mol. The SMILES string of the molecule is Cc1cc(C(N)=S)ccc1NCc1cccnc1. The number of benzene rings is 1. The topological polar surface area (TPSA) is 50.9 Å². The number of aryl methyl sites for hydroxylation is 1. The van der Waals surface area contributed by atoms with Gasteiger partial charge in [0.25, 0.3) is 0 Å². The second-order valence-electron chi connectivity index (χ2n) is 4.11. The van der Waals surface area contributed by atoms with Crippen molar-refractivity contribution in [3.63, 3.8) is 0 Å². The lowest BCUT2D eigenvalue weighted by atomic mass is 10.1. The van der Waals surface area contributed by atoms with Crippen LogP contribution in [0.25, 0.3) is 0 Å². The van der Waals surface area contributed by atoms with Crippen molar-refractivity contribution < 1.29 is 0 Å². The molecule has 3 nitrogen and oxygen atoms in total. The Bertz CT molecular complexity index is 552. The molecule has 1 aromatic heterocycles. The van der Waals surface area contributed by atoms with E-state index in [4.69, 9.17) is 18.0 Å². The normalized spacial score (nSPS) is 10.1. The lowest BCUT2D eigenvalue weighted by Crippen LogP contribution is -2.10. The summed E-state index contributed by atoms with van der Waals surface area (Å²) in [4.78, 5) is 4.51. The molecule has 0 unspecified atom stereocenters. The van der Waals surface area contributed by atoms with E-state index in [0.717, 1.165) is 28.9 Å². The molecule has 18 heavy (non-hydrogen) atoms. The molecule has 0 aliphatic heterocycles. The third kappa shape index (κ3) is 3.05. The molecular weight excluding hydrogens is 242 g/mol. The van der Waals surface area contributed by atoms with E-state index in [1.807, 2.05) is 43.5 Å². The van der Waals surface area contributed by atoms with Crippen molar-refractivity contribution in [2.75, 3.05) is 5.32 Å². The lowest BCUT2D eigenvalue weighted by Gasteiger charge is -2.10. The van der Waals surface area contributed by atoms with E-state index < -0.39 is 0 Å². The molecule has 0 saturated heterocycles. The van der Waals surface area contributed by atoms with Gasteiger partial charge in [0.15, 0.2) is 0 Å². The van der Waals surface area contributed by atoms with Gasteiger partial charge in [0.2, 0.25) is 0 Å². The number of pyridine rings is 1. The first-order chi connectivity index (χ1) is 8.66. The molecule has 0 fully saturated rings. The number of aromatic nitrogens is 1. The summed E-state index contributed by atoms with van der Waals surface area (Å²) in [6.45, 7) is 2.79. The molecule has 0 aliphatic rings. The number of hydrogen-bond donors (Lipinski definition) is 2. The molecule has 4 heteroatoms. The highest BCUT2D eigenvalue weighted by atomic mass is 32.1. The van der Waals surface area contributed by atoms with Crippen LogP contribution in [0.15, 0.2) is 42.7 Å². The van der Waals surface area contributed by atoms with E-state index in [9.17, 15) is 0 Å². The van der Waals surface area contributed by atoms with Crippen LogP contribution in [-0.4, -0.2) is 9.97 Å². The average Bonchev–Trinajstić information content (AvgIpc) is 2.38. The minimum Gasteiger partial charge on any atom is -0.389 e. The first kappa shape index (κ1) is 12.5. The van der Waals surface area contributed by atoms with E-state index in [1.54, 1.807) is 6.20 Å². The number of hydrogen-bond acceptors (Lipinski definition) is 3. The van der Waals surface area contributed by atoms with Crippen LogP contribution in [-0.2, 0) is 6.54 Å². The molecule has 0 amide bonds. The standard InChI is InChI=1S/C14H15N3S/c1-10-7-12(14(15)18)4-5-13(10)17-9-11-3-2-6-16-8-11/h2-8,17H,9H2,1H3,(H2,15,18). The van der Waals surface area contributed by atoms with Crippen LogP contribution in [0.4, 0.5) is 5.69 Å². The summed E-state index contributed by atoms with van der Waals surface area (Å²) in [5, 5.41) is 3.37. The number of nitrogens with two attached hydrogens (primary N) is 1. The molecule has 3 N–H and O–H groups in total. The monoisotopic (exact) mass is 257 g/mol. The molecule has 1 heterocycles. The van der Waals surface area contributed by atoms with Crippen molar-refractivity contribution in [3.05, 3.63) is 59.4 Å². The third-order valence-electron chi connectivity index (χ3n) is 2.72. The number of nitrogens with zero attached hydrogens (tertiary/aromatic N) is 1. The van der Waals surface area contributed by atoms with Crippen LogP contribution in [0.1, 0.15) is 16.7 Å². The van der Waals surface area contributed by atoms with Crippen molar-refractivity contribution in [2.45, 2.75) is 13.5 Å². The molecule has 2 rings (SSSR count). The Hall–Kier alpha value is -1.94. The molecule has 0 aliphatic carbocycles. The maximum atomic E-state index is 5.60. The summed E-state index contributed by atoms with van der Waals surface area (Å²) >= 11 is 4.96. The second kappa shape index (κ2) is 5.60. The molecule has 0 atom stereocenters. The van der Waals surface area contributed by atoms with Gasteiger partial charge in [-0.3, -0.25) is 4.98 Å². The first-order valence-corrected chi connectivity index (χ1v) is 6.11. The molecule has 0 saturated carbocycles. The molecule has 1 aromatic carbocycles. The van der Waals surface area contributed by atoms with Gasteiger partial charge in [-0.2, -0.15) is 0 Å². The minimum atomic E-state index is 0.428. The number of nitrogens with one attached hydrogen (secondary N) is 1. The Morgan fingerprint density at radius 1 is 1.39 bits per heavy atom. The van der Waals surface area contributed by atoms with Crippen LogP contribution in [0.2, 0.25) is 0 Å². The summed E-state index contributed by atoms with van der Waals surface area (Å²) < 4.78 is 0. The van der Waals surface area contributed by atoms with Crippen molar-refractivity contribution in [1.82, 2.24) is 4.98 Å². The van der Waals surface area contributed by atoms with E-state index in [-0.39, 0.29) is 0 Å². The van der Waals surface area contributed by atoms with Crippen LogP contribution in [0.5, 0.6) is 0 Å². The van der Waals surface area contributed by atoms with Crippen molar-refractivity contribution in [3.8, 4) is 0 Å². The van der Waals surface area contributed by atoms with Crippen molar-refractivity contribution >= 4 is 22.9 Å². The van der Waals surface area contributed by atoms with E-state index in [0.29, 0.717) is 4.99 Å². The maximum absolute atomic E-state index is 5.60. The summed E-state index contributed by atoms with van der Waals surface area (Å²) in [6, 6.07) is 9.90. The van der Waals surface area contributed by atoms with Gasteiger partial charge in [-0.25, -0.2) is 0 Å². The van der Waals surface area contributed by atoms with Crippen LogP contribution < -0.4 is 11.1 Å². The van der Waals surface area contributed by atoms with Gasteiger partial charge in [-0.15, -0.1) is 0 Å². The van der Waals surface area contributed by atoms with Crippen LogP contribution in [0.3, 0.4) is 0 Å².